The molecule has 1 aliphatic rings. The average molecular weight is 392 g/mol. The van der Waals surface area contributed by atoms with E-state index in [2.05, 4.69) is 5.32 Å². The van der Waals surface area contributed by atoms with Crippen molar-refractivity contribution in [3.63, 3.8) is 0 Å². The van der Waals surface area contributed by atoms with Crippen molar-refractivity contribution in [1.82, 2.24) is 0 Å². The predicted molar refractivity (Wildman–Crippen MR) is 102 cm³/mol. The van der Waals surface area contributed by atoms with Crippen molar-refractivity contribution in [2.24, 2.45) is 0 Å². The van der Waals surface area contributed by atoms with Crippen LogP contribution in [-0.2, 0) is 21.2 Å². The van der Waals surface area contributed by atoms with Gasteiger partial charge in [-0.25, -0.2) is 12.8 Å². The first kappa shape index (κ1) is 19.2. The molecule has 0 bridgehead atoms. The first-order chi connectivity index (χ1) is 12.7. The molecule has 0 saturated carbocycles. The van der Waals surface area contributed by atoms with Gasteiger partial charge in [0.25, 0.3) is 5.91 Å². The topological polar surface area (TPSA) is 75.7 Å². The maximum atomic E-state index is 12.9. The molecule has 0 spiro atoms. The number of rotatable bonds is 5. The highest BCUT2D eigenvalue weighted by Crippen LogP contribution is 2.31. The third-order valence-corrected chi connectivity index (χ3v) is 5.50. The molecule has 1 aliphatic heterocycles. The number of fused-ring (bicyclic) bond motifs is 1. The smallest absolute Gasteiger partial charge is 0.265 e. The van der Waals surface area contributed by atoms with Crippen molar-refractivity contribution in [2.75, 3.05) is 22.4 Å². The summed E-state index contributed by atoms with van der Waals surface area (Å²) in [6, 6.07) is 10.6. The number of halogens is 1. The Labute approximate surface area is 158 Å². The zero-order chi connectivity index (χ0) is 19.6. The number of sulfonamides is 1. The molecule has 0 aliphatic carbocycles. The van der Waals surface area contributed by atoms with Gasteiger partial charge in [-0.15, -0.1) is 0 Å². The van der Waals surface area contributed by atoms with Crippen LogP contribution in [0.4, 0.5) is 15.8 Å². The van der Waals surface area contributed by atoms with E-state index in [1.54, 1.807) is 19.1 Å². The Balaban J connectivity index is 1.73. The molecule has 6 nitrogen and oxygen atoms in total. The number of aryl methyl sites for hydroxylation is 1. The van der Waals surface area contributed by atoms with Gasteiger partial charge < -0.3 is 10.1 Å². The first-order valence-electron chi connectivity index (χ1n) is 8.58. The monoisotopic (exact) mass is 392 g/mol. The van der Waals surface area contributed by atoms with Crippen LogP contribution in [0.2, 0.25) is 0 Å². The highest BCUT2D eigenvalue weighted by Gasteiger charge is 2.25. The number of anilines is 2. The Bertz CT molecular complexity index is 945. The molecule has 1 unspecified atom stereocenters. The Morgan fingerprint density at radius 3 is 2.59 bits per heavy atom. The maximum absolute atomic E-state index is 12.9. The van der Waals surface area contributed by atoms with E-state index < -0.39 is 16.1 Å². The van der Waals surface area contributed by atoms with E-state index in [0.717, 1.165) is 18.4 Å². The summed E-state index contributed by atoms with van der Waals surface area (Å²) in [5.41, 5.74) is 2.01. The van der Waals surface area contributed by atoms with Gasteiger partial charge in [0.2, 0.25) is 10.0 Å². The van der Waals surface area contributed by atoms with E-state index >= 15 is 0 Å². The van der Waals surface area contributed by atoms with Gasteiger partial charge in [0, 0.05) is 12.2 Å². The van der Waals surface area contributed by atoms with Gasteiger partial charge in [-0.1, -0.05) is 6.07 Å². The van der Waals surface area contributed by atoms with Gasteiger partial charge >= 0.3 is 0 Å². The molecule has 0 fully saturated rings. The van der Waals surface area contributed by atoms with Gasteiger partial charge in [0.05, 0.1) is 11.9 Å². The minimum Gasteiger partial charge on any atom is -0.481 e. The Morgan fingerprint density at radius 2 is 1.93 bits per heavy atom. The number of benzene rings is 2. The van der Waals surface area contributed by atoms with Crippen LogP contribution in [-0.4, -0.2) is 33.2 Å². The van der Waals surface area contributed by atoms with E-state index in [9.17, 15) is 17.6 Å². The molecule has 0 aromatic heterocycles. The molecule has 2 aromatic carbocycles. The third-order valence-electron chi connectivity index (χ3n) is 4.32. The number of hydrogen-bond donors (Lipinski definition) is 1. The molecule has 3 rings (SSSR count). The fraction of sp³-hybridized carbons (Fsp3) is 0.316. The van der Waals surface area contributed by atoms with Crippen LogP contribution in [0, 0.1) is 5.82 Å². The quantitative estimate of drug-likeness (QED) is 0.849. The van der Waals surface area contributed by atoms with Crippen molar-refractivity contribution < 1.29 is 22.3 Å². The maximum Gasteiger partial charge on any atom is 0.265 e. The SMILES string of the molecule is CC(Oc1ccc(F)cc1)C(=O)Nc1ccc2c(c1)N(S(C)(=O)=O)CCC2. The molecule has 1 amide bonds. The van der Waals surface area contributed by atoms with Gasteiger partial charge in [-0.2, -0.15) is 0 Å². The van der Waals surface area contributed by atoms with Crippen LogP contribution in [0.25, 0.3) is 0 Å². The molecular formula is C19H21FN2O4S. The lowest BCUT2D eigenvalue weighted by molar-refractivity contribution is -0.122. The van der Waals surface area contributed by atoms with E-state index in [4.69, 9.17) is 4.74 Å². The summed E-state index contributed by atoms with van der Waals surface area (Å²) in [4.78, 5) is 12.4. The lowest BCUT2D eigenvalue weighted by Gasteiger charge is -2.29. The number of carbonyl (C=O) groups is 1. The van der Waals surface area contributed by atoms with E-state index in [-0.39, 0.29) is 11.7 Å². The summed E-state index contributed by atoms with van der Waals surface area (Å²) in [6.45, 7) is 2.01. The van der Waals surface area contributed by atoms with Crippen molar-refractivity contribution in [3.05, 3.63) is 53.8 Å². The molecule has 144 valence electrons. The zero-order valence-corrected chi connectivity index (χ0v) is 15.9. The minimum absolute atomic E-state index is 0.382. The molecule has 1 N–H and O–H groups in total. The number of carbonyl (C=O) groups excluding carboxylic acids is 1. The lowest BCUT2D eigenvalue weighted by Crippen LogP contribution is -2.35. The number of ether oxygens (including phenoxy) is 1. The Morgan fingerprint density at radius 1 is 1.22 bits per heavy atom. The number of nitrogens with zero attached hydrogens (tertiary/aromatic N) is 1. The standard InChI is InChI=1S/C19H21FN2O4S/c1-13(26-17-9-6-15(20)7-10-17)19(23)21-16-8-5-14-4-3-11-22(18(14)12-16)27(2,24)25/h5-10,12-13H,3-4,11H2,1-2H3,(H,21,23). The molecule has 0 saturated heterocycles. The second-order valence-corrected chi connectivity index (χ2v) is 8.39. The summed E-state index contributed by atoms with van der Waals surface area (Å²) < 4.78 is 43.8. The summed E-state index contributed by atoms with van der Waals surface area (Å²) in [7, 11) is -3.38. The number of hydrogen-bond acceptors (Lipinski definition) is 4. The minimum atomic E-state index is -3.38. The highest BCUT2D eigenvalue weighted by atomic mass is 32.2. The lowest BCUT2D eigenvalue weighted by atomic mass is 10.0. The van der Waals surface area contributed by atoms with E-state index in [1.807, 2.05) is 6.07 Å². The average Bonchev–Trinajstić information content (AvgIpc) is 2.62. The van der Waals surface area contributed by atoms with Crippen molar-refractivity contribution in [3.8, 4) is 5.75 Å². The normalized spacial score (nSPS) is 15.0. The van der Waals surface area contributed by atoms with Gasteiger partial charge in [0.15, 0.2) is 6.10 Å². The van der Waals surface area contributed by atoms with Crippen molar-refractivity contribution in [1.29, 1.82) is 0 Å². The van der Waals surface area contributed by atoms with Gasteiger partial charge in [0.1, 0.15) is 11.6 Å². The first-order valence-corrected chi connectivity index (χ1v) is 10.4. The predicted octanol–water partition coefficient (Wildman–Crippen LogP) is 2.94. The zero-order valence-electron chi connectivity index (χ0n) is 15.1. The molecule has 8 heteroatoms. The highest BCUT2D eigenvalue weighted by molar-refractivity contribution is 7.92. The molecule has 0 radical (unpaired) electrons. The van der Waals surface area contributed by atoms with Crippen LogP contribution >= 0.6 is 0 Å². The second-order valence-electron chi connectivity index (χ2n) is 6.49. The largest absolute Gasteiger partial charge is 0.481 e. The Kier molecular flexibility index (Phi) is 5.36. The molecule has 27 heavy (non-hydrogen) atoms. The number of amides is 1. The van der Waals surface area contributed by atoms with Crippen LogP contribution in [0.5, 0.6) is 5.75 Å². The van der Waals surface area contributed by atoms with Gasteiger partial charge in [-0.05, 0) is 61.7 Å². The second kappa shape index (κ2) is 7.56. The Hall–Kier alpha value is -2.61. The fourth-order valence-corrected chi connectivity index (χ4v) is 3.97. The summed E-state index contributed by atoms with van der Waals surface area (Å²) in [5.74, 6) is -0.391. The summed E-state index contributed by atoms with van der Waals surface area (Å²) >= 11 is 0. The van der Waals surface area contributed by atoms with Crippen molar-refractivity contribution in [2.45, 2.75) is 25.9 Å². The molecular weight excluding hydrogens is 371 g/mol. The van der Waals surface area contributed by atoms with Crippen LogP contribution in [0.15, 0.2) is 42.5 Å². The van der Waals surface area contributed by atoms with Crippen molar-refractivity contribution >= 4 is 27.3 Å². The van der Waals surface area contributed by atoms with Crippen LogP contribution < -0.4 is 14.4 Å². The molecule has 1 heterocycles. The number of nitrogens with one attached hydrogen (secondary N) is 1. The van der Waals surface area contributed by atoms with Crippen LogP contribution in [0.1, 0.15) is 18.9 Å². The molecule has 2 aromatic rings. The van der Waals surface area contributed by atoms with Crippen LogP contribution in [0.3, 0.4) is 0 Å². The van der Waals surface area contributed by atoms with E-state index in [0.29, 0.717) is 23.7 Å². The fourth-order valence-electron chi connectivity index (χ4n) is 2.98. The van der Waals surface area contributed by atoms with Gasteiger partial charge in [-0.3, -0.25) is 9.10 Å². The summed E-state index contributed by atoms with van der Waals surface area (Å²) in [6.07, 6.45) is 1.91. The summed E-state index contributed by atoms with van der Waals surface area (Å²) in [5, 5.41) is 2.74. The molecule has 1 atom stereocenters. The third kappa shape index (κ3) is 4.57. The van der Waals surface area contributed by atoms with E-state index in [1.165, 1.54) is 34.8 Å².